The molecule has 2 aliphatic heterocycles. The normalized spacial score (nSPS) is 20.0. The minimum atomic E-state index is 0.0192. The highest BCUT2D eigenvalue weighted by molar-refractivity contribution is 5.94. The number of rotatable bonds is 5. The summed E-state index contributed by atoms with van der Waals surface area (Å²) in [4.78, 5) is 29.1. The van der Waals surface area contributed by atoms with Crippen LogP contribution in [0.2, 0.25) is 0 Å². The van der Waals surface area contributed by atoms with Crippen molar-refractivity contribution in [3.8, 4) is 5.75 Å². The Morgan fingerprint density at radius 1 is 1.19 bits per heavy atom. The second kappa shape index (κ2) is 9.11. The van der Waals surface area contributed by atoms with Gasteiger partial charge in [-0.15, -0.1) is 0 Å². The Hall–Kier alpha value is -2.24. The van der Waals surface area contributed by atoms with Gasteiger partial charge in [0, 0.05) is 25.6 Å². The summed E-state index contributed by atoms with van der Waals surface area (Å²) < 4.78 is 5.98. The molecule has 0 bridgehead atoms. The lowest BCUT2D eigenvalue weighted by atomic mass is 9.96. The van der Waals surface area contributed by atoms with Gasteiger partial charge in [-0.2, -0.15) is 0 Å². The number of anilines is 1. The molecule has 0 spiro atoms. The van der Waals surface area contributed by atoms with Crippen LogP contribution in [0, 0.1) is 5.92 Å². The van der Waals surface area contributed by atoms with E-state index >= 15 is 0 Å². The number of hydrogen-bond donors (Lipinski definition) is 1. The van der Waals surface area contributed by atoms with Crippen LogP contribution in [-0.4, -0.2) is 49.1 Å². The number of nitrogens with one attached hydrogen (secondary N) is 1. The predicted molar refractivity (Wildman–Crippen MR) is 106 cm³/mol. The molecular formula is C21H31N3O3. The average molecular weight is 373 g/mol. The standard InChI is InChI=1S/C21H31N3O3/c1-3-5-12-22-20(25)16-10-13-23(14-11-16)21(26)24-15-17(4-2)27-19-9-7-6-8-18(19)24/h6-9,16-17H,3-5,10-15H2,1-2H3,(H,22,25)/t17-/m0/s1. The molecule has 0 aromatic heterocycles. The van der Waals surface area contributed by atoms with Crippen LogP contribution in [0.15, 0.2) is 24.3 Å². The van der Waals surface area contributed by atoms with E-state index < -0.39 is 0 Å². The molecule has 27 heavy (non-hydrogen) atoms. The van der Waals surface area contributed by atoms with Gasteiger partial charge in [0.15, 0.2) is 0 Å². The van der Waals surface area contributed by atoms with Gasteiger partial charge >= 0.3 is 6.03 Å². The number of fused-ring (bicyclic) bond motifs is 1. The molecule has 6 nitrogen and oxygen atoms in total. The number of ether oxygens (including phenoxy) is 1. The maximum atomic E-state index is 13.2. The maximum Gasteiger partial charge on any atom is 0.324 e. The SMILES string of the molecule is CCCCNC(=O)C1CCN(C(=O)N2C[C@H](CC)Oc3ccccc32)CC1. The van der Waals surface area contributed by atoms with Gasteiger partial charge in [0.25, 0.3) is 0 Å². The molecule has 1 aromatic carbocycles. The van der Waals surface area contributed by atoms with Crippen LogP contribution < -0.4 is 15.0 Å². The van der Waals surface area contributed by atoms with Gasteiger partial charge in [-0.05, 0) is 37.8 Å². The lowest BCUT2D eigenvalue weighted by Crippen LogP contribution is -2.52. The number of nitrogens with zero attached hydrogens (tertiary/aromatic N) is 2. The third kappa shape index (κ3) is 4.54. The Balaban J connectivity index is 1.60. The van der Waals surface area contributed by atoms with E-state index in [4.69, 9.17) is 4.74 Å². The van der Waals surface area contributed by atoms with Gasteiger partial charge in [0.2, 0.25) is 5.91 Å². The van der Waals surface area contributed by atoms with E-state index in [0.717, 1.165) is 50.1 Å². The molecule has 3 rings (SSSR count). The summed E-state index contributed by atoms with van der Waals surface area (Å²) in [5, 5.41) is 3.02. The van der Waals surface area contributed by atoms with E-state index in [-0.39, 0.29) is 24.0 Å². The molecule has 6 heteroatoms. The topological polar surface area (TPSA) is 61.9 Å². The zero-order chi connectivity index (χ0) is 19.2. The van der Waals surface area contributed by atoms with Crippen molar-refractivity contribution in [3.63, 3.8) is 0 Å². The van der Waals surface area contributed by atoms with Gasteiger partial charge in [-0.25, -0.2) is 4.79 Å². The van der Waals surface area contributed by atoms with Crippen molar-refractivity contribution >= 4 is 17.6 Å². The van der Waals surface area contributed by atoms with Crippen molar-refractivity contribution in [1.82, 2.24) is 10.2 Å². The summed E-state index contributed by atoms with van der Waals surface area (Å²) in [6.45, 7) is 6.76. The van der Waals surface area contributed by atoms with Crippen LogP contribution in [0.5, 0.6) is 5.75 Å². The van der Waals surface area contributed by atoms with E-state index in [2.05, 4.69) is 19.2 Å². The molecule has 2 aliphatic rings. The Morgan fingerprint density at radius 2 is 1.93 bits per heavy atom. The molecule has 1 N–H and O–H groups in total. The van der Waals surface area contributed by atoms with Crippen LogP contribution in [0.3, 0.4) is 0 Å². The molecule has 148 valence electrons. The van der Waals surface area contributed by atoms with Gasteiger partial charge < -0.3 is 15.0 Å². The Bertz CT molecular complexity index is 656. The third-order valence-electron chi connectivity index (χ3n) is 5.49. The first-order valence-corrected chi connectivity index (χ1v) is 10.2. The second-order valence-corrected chi connectivity index (χ2v) is 7.41. The van der Waals surface area contributed by atoms with Crippen molar-refractivity contribution in [3.05, 3.63) is 24.3 Å². The number of carbonyl (C=O) groups is 2. The molecule has 0 unspecified atom stereocenters. The number of hydrogen-bond acceptors (Lipinski definition) is 3. The zero-order valence-corrected chi connectivity index (χ0v) is 16.4. The van der Waals surface area contributed by atoms with Crippen LogP contribution in [0.1, 0.15) is 46.0 Å². The smallest absolute Gasteiger partial charge is 0.324 e. The van der Waals surface area contributed by atoms with E-state index in [1.54, 1.807) is 0 Å². The highest BCUT2D eigenvalue weighted by atomic mass is 16.5. The molecule has 0 radical (unpaired) electrons. The number of para-hydroxylation sites is 2. The minimum Gasteiger partial charge on any atom is -0.486 e. The fourth-order valence-electron chi connectivity index (χ4n) is 3.73. The summed E-state index contributed by atoms with van der Waals surface area (Å²) >= 11 is 0. The highest BCUT2D eigenvalue weighted by Gasteiger charge is 2.34. The summed E-state index contributed by atoms with van der Waals surface area (Å²) in [5.41, 5.74) is 0.839. The van der Waals surface area contributed by atoms with Gasteiger partial charge in [0.05, 0.1) is 12.2 Å². The van der Waals surface area contributed by atoms with E-state index in [1.165, 1.54) is 0 Å². The molecule has 1 fully saturated rings. The number of unbranched alkanes of at least 4 members (excludes halogenated alkanes) is 1. The fourth-order valence-corrected chi connectivity index (χ4v) is 3.73. The Labute approximate surface area is 161 Å². The number of amides is 3. The first kappa shape index (κ1) is 19.5. The first-order valence-electron chi connectivity index (χ1n) is 10.2. The van der Waals surface area contributed by atoms with Crippen molar-refractivity contribution in [2.75, 3.05) is 31.1 Å². The fraction of sp³-hybridized carbons (Fsp3) is 0.619. The van der Waals surface area contributed by atoms with Crippen LogP contribution in [-0.2, 0) is 4.79 Å². The zero-order valence-electron chi connectivity index (χ0n) is 16.4. The van der Waals surface area contributed by atoms with Gasteiger partial charge in [0.1, 0.15) is 11.9 Å². The molecule has 2 heterocycles. The van der Waals surface area contributed by atoms with E-state index in [1.807, 2.05) is 34.1 Å². The number of carbonyl (C=O) groups excluding carboxylic acids is 2. The van der Waals surface area contributed by atoms with E-state index in [9.17, 15) is 9.59 Å². The predicted octanol–water partition coefficient (Wildman–Crippen LogP) is 3.41. The van der Waals surface area contributed by atoms with E-state index in [0.29, 0.717) is 19.6 Å². The number of piperidine rings is 1. The lowest BCUT2D eigenvalue weighted by Gasteiger charge is -2.39. The molecule has 0 saturated carbocycles. The molecule has 3 amide bonds. The van der Waals surface area contributed by atoms with Crippen LogP contribution >= 0.6 is 0 Å². The quantitative estimate of drug-likeness (QED) is 0.805. The summed E-state index contributed by atoms with van der Waals surface area (Å²) in [7, 11) is 0. The Morgan fingerprint density at radius 3 is 2.63 bits per heavy atom. The number of likely N-dealkylation sites (tertiary alicyclic amines) is 1. The first-order chi connectivity index (χ1) is 13.1. The number of benzene rings is 1. The van der Waals surface area contributed by atoms with Gasteiger partial charge in [-0.1, -0.05) is 32.4 Å². The monoisotopic (exact) mass is 373 g/mol. The summed E-state index contributed by atoms with van der Waals surface area (Å²) in [6.07, 6.45) is 4.42. The van der Waals surface area contributed by atoms with Crippen molar-refractivity contribution in [1.29, 1.82) is 0 Å². The minimum absolute atomic E-state index is 0.0192. The molecule has 0 aliphatic carbocycles. The van der Waals surface area contributed by atoms with Crippen molar-refractivity contribution in [2.45, 2.75) is 52.1 Å². The molecular weight excluding hydrogens is 342 g/mol. The van der Waals surface area contributed by atoms with Crippen molar-refractivity contribution in [2.24, 2.45) is 5.92 Å². The summed E-state index contributed by atoms with van der Waals surface area (Å²) in [6, 6.07) is 7.75. The highest BCUT2D eigenvalue weighted by Crippen LogP contribution is 2.34. The number of urea groups is 1. The lowest BCUT2D eigenvalue weighted by molar-refractivity contribution is -0.126. The second-order valence-electron chi connectivity index (χ2n) is 7.41. The van der Waals surface area contributed by atoms with Gasteiger partial charge in [-0.3, -0.25) is 9.69 Å². The largest absolute Gasteiger partial charge is 0.486 e. The molecule has 1 aromatic rings. The van der Waals surface area contributed by atoms with Crippen molar-refractivity contribution < 1.29 is 14.3 Å². The third-order valence-corrected chi connectivity index (χ3v) is 5.49. The van der Waals surface area contributed by atoms with Crippen LogP contribution in [0.4, 0.5) is 10.5 Å². The Kier molecular flexibility index (Phi) is 6.58. The maximum absolute atomic E-state index is 13.2. The molecule has 1 atom stereocenters. The van der Waals surface area contributed by atoms with Crippen LogP contribution in [0.25, 0.3) is 0 Å². The molecule has 1 saturated heterocycles. The summed E-state index contributed by atoms with van der Waals surface area (Å²) in [5.74, 6) is 0.929. The average Bonchev–Trinajstić information content (AvgIpc) is 2.72.